The highest BCUT2D eigenvalue weighted by atomic mass is 32.1. The first-order valence-corrected chi connectivity index (χ1v) is 10.7. The number of anilines is 1. The number of nitrogens with zero attached hydrogens (tertiary/aromatic N) is 1. The molecule has 30 heavy (non-hydrogen) atoms. The highest BCUT2D eigenvalue weighted by molar-refractivity contribution is 7.10. The zero-order valence-electron chi connectivity index (χ0n) is 16.8. The summed E-state index contributed by atoms with van der Waals surface area (Å²) in [5, 5.41) is 10.1. The van der Waals surface area contributed by atoms with E-state index in [0.29, 0.717) is 25.4 Å². The third kappa shape index (κ3) is 6.38. The van der Waals surface area contributed by atoms with E-state index in [1.165, 1.54) is 6.92 Å². The minimum absolute atomic E-state index is 0.0203. The fourth-order valence-corrected chi connectivity index (χ4v) is 4.08. The van der Waals surface area contributed by atoms with Crippen LogP contribution in [0.5, 0.6) is 0 Å². The van der Waals surface area contributed by atoms with Crippen LogP contribution in [-0.4, -0.2) is 55.5 Å². The van der Waals surface area contributed by atoms with E-state index in [2.05, 4.69) is 20.9 Å². The quantitative estimate of drug-likeness (QED) is 0.579. The van der Waals surface area contributed by atoms with Crippen molar-refractivity contribution in [2.75, 3.05) is 38.2 Å². The summed E-state index contributed by atoms with van der Waals surface area (Å²) in [5.41, 5.74) is 1.51. The lowest BCUT2D eigenvalue weighted by Gasteiger charge is -2.34. The number of nitrogens with one attached hydrogen (secondary N) is 3. The van der Waals surface area contributed by atoms with Crippen LogP contribution in [0.2, 0.25) is 0 Å². The summed E-state index contributed by atoms with van der Waals surface area (Å²) in [4.78, 5) is 38.9. The SMILES string of the molecule is CC(=O)Nc1ccc(CNC(=O)C(=O)NCC(c2cccs2)N2CCOCC2)cc1. The lowest BCUT2D eigenvalue weighted by atomic mass is 10.2. The molecular weight excluding hydrogens is 404 g/mol. The summed E-state index contributed by atoms with van der Waals surface area (Å²) in [6.45, 7) is 4.93. The topological polar surface area (TPSA) is 99.8 Å². The highest BCUT2D eigenvalue weighted by Crippen LogP contribution is 2.25. The van der Waals surface area contributed by atoms with Gasteiger partial charge in [-0.15, -0.1) is 11.3 Å². The third-order valence-electron chi connectivity index (χ3n) is 4.75. The maximum atomic E-state index is 12.3. The van der Waals surface area contributed by atoms with Crippen LogP contribution in [0.1, 0.15) is 23.4 Å². The Labute approximate surface area is 179 Å². The Morgan fingerprint density at radius 3 is 2.40 bits per heavy atom. The molecule has 160 valence electrons. The molecule has 1 aliphatic rings. The van der Waals surface area contributed by atoms with Crippen LogP contribution in [0.4, 0.5) is 5.69 Å². The molecule has 1 aromatic heterocycles. The molecule has 3 rings (SSSR count). The minimum Gasteiger partial charge on any atom is -0.379 e. The Morgan fingerprint density at radius 2 is 1.77 bits per heavy atom. The summed E-state index contributed by atoms with van der Waals surface area (Å²) < 4.78 is 5.42. The molecule has 1 atom stereocenters. The van der Waals surface area contributed by atoms with Crippen molar-refractivity contribution in [3.63, 3.8) is 0 Å². The van der Waals surface area contributed by atoms with Crippen molar-refractivity contribution < 1.29 is 19.1 Å². The summed E-state index contributed by atoms with van der Waals surface area (Å²) in [6, 6.07) is 11.1. The van der Waals surface area contributed by atoms with E-state index < -0.39 is 11.8 Å². The van der Waals surface area contributed by atoms with Crippen LogP contribution in [-0.2, 0) is 25.7 Å². The Bertz CT molecular complexity index is 848. The van der Waals surface area contributed by atoms with Gasteiger partial charge in [-0.1, -0.05) is 18.2 Å². The number of carbonyl (C=O) groups is 3. The number of carbonyl (C=O) groups excluding carboxylic acids is 3. The average molecular weight is 431 g/mol. The van der Waals surface area contributed by atoms with Crippen LogP contribution in [0.15, 0.2) is 41.8 Å². The summed E-state index contributed by atoms with van der Waals surface area (Å²) in [7, 11) is 0. The van der Waals surface area contributed by atoms with E-state index in [0.717, 1.165) is 23.5 Å². The Hall–Kier alpha value is -2.75. The maximum Gasteiger partial charge on any atom is 0.309 e. The van der Waals surface area contributed by atoms with Gasteiger partial charge in [-0.2, -0.15) is 0 Å². The molecule has 9 heteroatoms. The Kier molecular flexibility index (Phi) is 7.95. The molecule has 0 saturated carbocycles. The second kappa shape index (κ2) is 10.9. The van der Waals surface area contributed by atoms with Gasteiger partial charge in [-0.3, -0.25) is 19.3 Å². The predicted molar refractivity (Wildman–Crippen MR) is 115 cm³/mol. The first-order chi connectivity index (χ1) is 14.5. The summed E-state index contributed by atoms with van der Waals surface area (Å²) >= 11 is 1.64. The second-order valence-corrected chi connectivity index (χ2v) is 7.93. The number of benzene rings is 1. The fraction of sp³-hybridized carbons (Fsp3) is 0.381. The molecule has 1 unspecified atom stereocenters. The fourth-order valence-electron chi connectivity index (χ4n) is 3.22. The summed E-state index contributed by atoms with van der Waals surface area (Å²) in [6.07, 6.45) is 0. The van der Waals surface area contributed by atoms with Gasteiger partial charge in [-0.05, 0) is 29.1 Å². The van der Waals surface area contributed by atoms with E-state index in [-0.39, 0.29) is 18.5 Å². The van der Waals surface area contributed by atoms with Crippen LogP contribution in [0, 0.1) is 0 Å². The average Bonchev–Trinajstić information content (AvgIpc) is 3.28. The molecule has 2 heterocycles. The molecule has 1 fully saturated rings. The van der Waals surface area contributed by atoms with Crippen LogP contribution in [0.3, 0.4) is 0 Å². The van der Waals surface area contributed by atoms with E-state index in [1.54, 1.807) is 35.6 Å². The van der Waals surface area contributed by atoms with Crippen molar-refractivity contribution in [2.45, 2.75) is 19.5 Å². The zero-order valence-corrected chi connectivity index (χ0v) is 17.7. The maximum absolute atomic E-state index is 12.3. The number of rotatable bonds is 7. The number of hydrogen-bond donors (Lipinski definition) is 3. The van der Waals surface area contributed by atoms with Crippen molar-refractivity contribution in [3.8, 4) is 0 Å². The molecule has 0 radical (unpaired) electrons. The van der Waals surface area contributed by atoms with Crippen molar-refractivity contribution >= 4 is 34.7 Å². The van der Waals surface area contributed by atoms with Gasteiger partial charge in [0.1, 0.15) is 0 Å². The van der Waals surface area contributed by atoms with Gasteiger partial charge >= 0.3 is 11.8 Å². The molecule has 1 saturated heterocycles. The van der Waals surface area contributed by atoms with E-state index in [1.807, 2.05) is 17.5 Å². The monoisotopic (exact) mass is 430 g/mol. The lowest BCUT2D eigenvalue weighted by molar-refractivity contribution is -0.139. The normalized spacial score (nSPS) is 15.2. The molecule has 8 nitrogen and oxygen atoms in total. The number of thiophene rings is 1. The molecule has 2 aromatic rings. The van der Waals surface area contributed by atoms with Gasteiger partial charge in [0.05, 0.1) is 19.3 Å². The van der Waals surface area contributed by atoms with Crippen LogP contribution < -0.4 is 16.0 Å². The number of morpholine rings is 1. The molecule has 3 amide bonds. The Morgan fingerprint density at radius 1 is 1.07 bits per heavy atom. The highest BCUT2D eigenvalue weighted by Gasteiger charge is 2.25. The predicted octanol–water partition coefficient (Wildman–Crippen LogP) is 1.51. The van der Waals surface area contributed by atoms with Gasteiger partial charge in [0.15, 0.2) is 0 Å². The lowest BCUT2D eigenvalue weighted by Crippen LogP contribution is -2.46. The zero-order chi connectivity index (χ0) is 21.3. The van der Waals surface area contributed by atoms with Gasteiger partial charge in [-0.25, -0.2) is 0 Å². The van der Waals surface area contributed by atoms with Crippen molar-refractivity contribution in [1.82, 2.24) is 15.5 Å². The smallest absolute Gasteiger partial charge is 0.309 e. The molecule has 1 aliphatic heterocycles. The molecule has 0 bridgehead atoms. The molecular formula is C21H26N4O4S. The van der Waals surface area contributed by atoms with Crippen molar-refractivity contribution in [2.24, 2.45) is 0 Å². The van der Waals surface area contributed by atoms with Gasteiger partial charge in [0, 0.05) is 43.7 Å². The molecule has 0 aliphatic carbocycles. The summed E-state index contributed by atoms with van der Waals surface area (Å²) in [5.74, 6) is -1.47. The van der Waals surface area contributed by atoms with Gasteiger partial charge in [0.25, 0.3) is 0 Å². The molecule has 1 aromatic carbocycles. The van der Waals surface area contributed by atoms with Crippen molar-refractivity contribution in [3.05, 3.63) is 52.2 Å². The third-order valence-corrected chi connectivity index (χ3v) is 5.72. The Balaban J connectivity index is 1.49. The largest absolute Gasteiger partial charge is 0.379 e. The van der Waals surface area contributed by atoms with Gasteiger partial charge in [0.2, 0.25) is 5.91 Å². The van der Waals surface area contributed by atoms with E-state index in [4.69, 9.17) is 4.74 Å². The number of hydrogen-bond acceptors (Lipinski definition) is 6. The van der Waals surface area contributed by atoms with E-state index >= 15 is 0 Å². The van der Waals surface area contributed by atoms with E-state index in [9.17, 15) is 14.4 Å². The minimum atomic E-state index is -0.673. The van der Waals surface area contributed by atoms with Crippen molar-refractivity contribution in [1.29, 1.82) is 0 Å². The molecule has 0 spiro atoms. The van der Waals surface area contributed by atoms with Crippen LogP contribution in [0.25, 0.3) is 0 Å². The standard InChI is InChI=1S/C21H26N4O4S/c1-15(26)24-17-6-4-16(5-7-17)13-22-20(27)21(28)23-14-18(19-3-2-12-30-19)25-8-10-29-11-9-25/h2-7,12,18H,8-11,13-14H2,1H3,(H,22,27)(H,23,28)(H,24,26). The number of ether oxygens (including phenoxy) is 1. The first-order valence-electron chi connectivity index (χ1n) is 9.80. The van der Waals surface area contributed by atoms with Gasteiger partial charge < -0.3 is 20.7 Å². The second-order valence-electron chi connectivity index (χ2n) is 6.95. The molecule has 3 N–H and O–H groups in total. The van der Waals surface area contributed by atoms with Crippen LogP contribution >= 0.6 is 11.3 Å². The number of amides is 3. The first kappa shape index (κ1) is 21.9.